The maximum Gasteiger partial charge on any atom is 0.162 e. The third-order valence-electron chi connectivity index (χ3n) is 3.79. The number of thiophene rings is 1. The minimum Gasteiger partial charge on any atom is -0.387 e. The van der Waals surface area contributed by atoms with E-state index < -0.39 is 17.7 Å². The van der Waals surface area contributed by atoms with Crippen molar-refractivity contribution in [2.45, 2.75) is 38.2 Å². The maximum atomic E-state index is 13.6. The van der Waals surface area contributed by atoms with Gasteiger partial charge >= 0.3 is 0 Å². The summed E-state index contributed by atoms with van der Waals surface area (Å²) in [5, 5.41) is 10.3. The highest BCUT2D eigenvalue weighted by atomic mass is 32.1. The predicted octanol–water partition coefficient (Wildman–Crippen LogP) is 4.18. The molecular formula is C16H16F2OS. The van der Waals surface area contributed by atoms with Gasteiger partial charge in [0.25, 0.3) is 0 Å². The zero-order chi connectivity index (χ0) is 14.1. The van der Waals surface area contributed by atoms with Crippen LogP contribution in [0.4, 0.5) is 8.78 Å². The van der Waals surface area contributed by atoms with E-state index in [2.05, 4.69) is 0 Å². The van der Waals surface area contributed by atoms with Gasteiger partial charge in [-0.15, -0.1) is 11.3 Å². The average Bonchev–Trinajstić information content (AvgIpc) is 2.88. The summed E-state index contributed by atoms with van der Waals surface area (Å²) in [6.45, 7) is 0. The first kappa shape index (κ1) is 13.7. The molecule has 1 aromatic heterocycles. The molecule has 1 atom stereocenters. The van der Waals surface area contributed by atoms with Crippen molar-refractivity contribution in [3.63, 3.8) is 0 Å². The van der Waals surface area contributed by atoms with Gasteiger partial charge in [-0.3, -0.25) is 0 Å². The third-order valence-corrected chi connectivity index (χ3v) is 5.13. The van der Waals surface area contributed by atoms with Crippen molar-refractivity contribution in [3.8, 4) is 0 Å². The lowest BCUT2D eigenvalue weighted by Crippen LogP contribution is -2.03. The van der Waals surface area contributed by atoms with E-state index in [0.717, 1.165) is 23.8 Å². The number of hydrogen-bond acceptors (Lipinski definition) is 2. The minimum atomic E-state index is -0.861. The molecule has 1 N–H and O–H groups in total. The molecule has 0 bridgehead atoms. The van der Waals surface area contributed by atoms with E-state index in [9.17, 15) is 13.9 Å². The molecule has 0 amide bonds. The average molecular weight is 294 g/mol. The van der Waals surface area contributed by atoms with E-state index in [4.69, 9.17) is 0 Å². The third kappa shape index (κ3) is 2.63. The smallest absolute Gasteiger partial charge is 0.162 e. The highest BCUT2D eigenvalue weighted by Gasteiger charge is 2.19. The fourth-order valence-corrected chi connectivity index (χ4v) is 3.94. The summed E-state index contributed by atoms with van der Waals surface area (Å²) < 4.78 is 26.8. The van der Waals surface area contributed by atoms with E-state index in [1.807, 2.05) is 6.07 Å². The summed E-state index contributed by atoms with van der Waals surface area (Å²) in [6.07, 6.45) is 3.87. The Labute approximate surface area is 120 Å². The Balaban J connectivity index is 1.80. The van der Waals surface area contributed by atoms with Crippen molar-refractivity contribution in [3.05, 3.63) is 56.8 Å². The van der Waals surface area contributed by atoms with Gasteiger partial charge < -0.3 is 5.11 Å². The molecule has 0 spiro atoms. The summed E-state index contributed by atoms with van der Waals surface area (Å²) in [5.74, 6) is -1.71. The molecule has 0 radical (unpaired) electrons. The van der Waals surface area contributed by atoms with Gasteiger partial charge in [0.05, 0.1) is 6.10 Å². The first-order valence-electron chi connectivity index (χ1n) is 6.87. The molecule has 1 aromatic carbocycles. The van der Waals surface area contributed by atoms with Crippen LogP contribution in [-0.2, 0) is 19.3 Å². The molecule has 3 rings (SSSR count). The molecule has 0 aliphatic heterocycles. The first-order valence-corrected chi connectivity index (χ1v) is 7.69. The lowest BCUT2D eigenvalue weighted by molar-refractivity contribution is 0.180. The fourth-order valence-electron chi connectivity index (χ4n) is 2.69. The first-order chi connectivity index (χ1) is 9.65. The van der Waals surface area contributed by atoms with E-state index in [-0.39, 0.29) is 12.0 Å². The zero-order valence-electron chi connectivity index (χ0n) is 11.0. The van der Waals surface area contributed by atoms with Crippen LogP contribution in [-0.4, -0.2) is 5.11 Å². The molecule has 1 nitrogen and oxygen atoms in total. The molecular weight excluding hydrogens is 278 g/mol. The van der Waals surface area contributed by atoms with Crippen molar-refractivity contribution < 1.29 is 13.9 Å². The number of aliphatic hydroxyl groups excluding tert-OH is 1. The monoisotopic (exact) mass is 294 g/mol. The molecule has 1 aliphatic carbocycles. The molecule has 1 aliphatic rings. The van der Waals surface area contributed by atoms with Crippen molar-refractivity contribution in [2.24, 2.45) is 0 Å². The number of aliphatic hydroxyl groups is 1. The lowest BCUT2D eigenvalue weighted by Gasteiger charge is -2.09. The summed E-state index contributed by atoms with van der Waals surface area (Å²) in [6, 6.07) is 6.12. The number of benzene rings is 1. The summed E-state index contributed by atoms with van der Waals surface area (Å²) in [4.78, 5) is 2.20. The van der Waals surface area contributed by atoms with Gasteiger partial charge in [0, 0.05) is 16.2 Å². The second-order valence-corrected chi connectivity index (χ2v) is 6.41. The van der Waals surface area contributed by atoms with Gasteiger partial charge in [0.15, 0.2) is 11.6 Å². The number of aryl methyl sites for hydroxylation is 2. The Morgan fingerprint density at radius 1 is 1.20 bits per heavy atom. The summed E-state index contributed by atoms with van der Waals surface area (Å²) >= 11 is 1.61. The van der Waals surface area contributed by atoms with E-state index in [0.29, 0.717) is 0 Å². The van der Waals surface area contributed by atoms with Gasteiger partial charge in [-0.2, -0.15) is 0 Å². The fraction of sp³-hybridized carbons (Fsp3) is 0.375. The van der Waals surface area contributed by atoms with Crippen LogP contribution in [0.2, 0.25) is 0 Å². The van der Waals surface area contributed by atoms with Crippen LogP contribution in [0.5, 0.6) is 0 Å². The molecule has 0 saturated heterocycles. The zero-order valence-corrected chi connectivity index (χ0v) is 11.9. The quantitative estimate of drug-likeness (QED) is 0.900. The second kappa shape index (κ2) is 5.62. The van der Waals surface area contributed by atoms with Crippen LogP contribution in [0.15, 0.2) is 24.3 Å². The number of rotatable bonds is 3. The van der Waals surface area contributed by atoms with Gasteiger partial charge in [-0.25, -0.2) is 8.78 Å². The molecule has 2 aromatic rings. The Hall–Kier alpha value is -1.26. The number of hydrogen-bond donors (Lipinski definition) is 1. The SMILES string of the molecule is OC(Cc1cccc(F)c1F)c1cc2c(s1)CCCC2. The van der Waals surface area contributed by atoms with E-state index in [1.165, 1.54) is 35.4 Å². The van der Waals surface area contributed by atoms with Crippen molar-refractivity contribution in [2.75, 3.05) is 0 Å². The summed E-state index contributed by atoms with van der Waals surface area (Å²) in [7, 11) is 0. The van der Waals surface area contributed by atoms with Crippen LogP contribution in [0.3, 0.4) is 0 Å². The molecule has 106 valence electrons. The Morgan fingerprint density at radius 3 is 2.80 bits per heavy atom. The standard InChI is InChI=1S/C16H16F2OS/c17-12-6-3-5-11(16(12)18)8-13(19)15-9-10-4-1-2-7-14(10)20-15/h3,5-6,9,13,19H,1-2,4,7-8H2. The minimum absolute atomic E-state index is 0.114. The largest absolute Gasteiger partial charge is 0.387 e. The number of fused-ring (bicyclic) bond motifs is 1. The van der Waals surface area contributed by atoms with Crippen LogP contribution in [0.1, 0.15) is 39.8 Å². The molecule has 0 saturated carbocycles. The molecule has 1 unspecified atom stereocenters. The molecule has 1 heterocycles. The molecule has 4 heteroatoms. The van der Waals surface area contributed by atoms with Crippen LogP contribution in [0, 0.1) is 11.6 Å². The van der Waals surface area contributed by atoms with Gasteiger partial charge in [0.2, 0.25) is 0 Å². The van der Waals surface area contributed by atoms with Crippen LogP contribution < -0.4 is 0 Å². The highest BCUT2D eigenvalue weighted by molar-refractivity contribution is 7.12. The lowest BCUT2D eigenvalue weighted by atomic mass is 9.98. The van der Waals surface area contributed by atoms with Crippen LogP contribution in [0.25, 0.3) is 0 Å². The van der Waals surface area contributed by atoms with Crippen molar-refractivity contribution in [1.82, 2.24) is 0 Å². The van der Waals surface area contributed by atoms with Crippen molar-refractivity contribution >= 4 is 11.3 Å². The Morgan fingerprint density at radius 2 is 2.00 bits per heavy atom. The second-order valence-electron chi connectivity index (χ2n) is 5.24. The predicted molar refractivity (Wildman–Crippen MR) is 76.0 cm³/mol. The van der Waals surface area contributed by atoms with E-state index in [1.54, 1.807) is 11.3 Å². The van der Waals surface area contributed by atoms with Gasteiger partial charge in [-0.05, 0) is 48.9 Å². The highest BCUT2D eigenvalue weighted by Crippen LogP contribution is 2.34. The topological polar surface area (TPSA) is 20.2 Å². The van der Waals surface area contributed by atoms with Gasteiger partial charge in [-0.1, -0.05) is 12.1 Å². The number of halogens is 2. The molecule has 0 fully saturated rings. The van der Waals surface area contributed by atoms with E-state index >= 15 is 0 Å². The Bertz CT molecular complexity index is 597. The molecule has 20 heavy (non-hydrogen) atoms. The maximum absolute atomic E-state index is 13.6. The van der Waals surface area contributed by atoms with Gasteiger partial charge in [0.1, 0.15) is 0 Å². The normalized spacial score (nSPS) is 15.9. The van der Waals surface area contributed by atoms with Crippen LogP contribution >= 0.6 is 11.3 Å². The Kier molecular flexibility index (Phi) is 3.85. The van der Waals surface area contributed by atoms with Crippen molar-refractivity contribution in [1.29, 1.82) is 0 Å². The summed E-state index contributed by atoms with van der Waals surface area (Å²) in [5.41, 5.74) is 1.54.